The average Bonchev–Trinajstić information content (AvgIpc) is 3.24. The highest BCUT2D eigenvalue weighted by Gasteiger charge is 2.15. The summed E-state index contributed by atoms with van der Waals surface area (Å²) in [6, 6.07) is 8.14. The molecule has 0 saturated heterocycles. The largest absolute Gasteiger partial charge is 0.497 e. The Morgan fingerprint density at radius 1 is 1.26 bits per heavy atom. The van der Waals surface area contributed by atoms with Crippen LogP contribution in [0.5, 0.6) is 5.75 Å². The molecule has 0 aliphatic rings. The fourth-order valence-corrected chi connectivity index (χ4v) is 3.36. The zero-order chi connectivity index (χ0) is 16.2. The lowest BCUT2D eigenvalue weighted by Gasteiger charge is -2.14. The molecule has 0 fully saturated rings. The molecule has 6 heteroatoms. The van der Waals surface area contributed by atoms with Crippen LogP contribution in [0.4, 0.5) is 0 Å². The van der Waals surface area contributed by atoms with E-state index in [2.05, 4.69) is 21.5 Å². The first-order valence-corrected chi connectivity index (χ1v) is 8.17. The third-order valence-corrected chi connectivity index (χ3v) is 4.64. The van der Waals surface area contributed by atoms with E-state index in [1.165, 1.54) is 0 Å². The molecule has 0 aliphatic heterocycles. The minimum atomic E-state index is 0.222. The zero-order valence-electron chi connectivity index (χ0n) is 13.4. The lowest BCUT2D eigenvalue weighted by Crippen LogP contribution is -2.11. The fraction of sp³-hybridized carbons (Fsp3) is 0.294. The lowest BCUT2D eigenvalue weighted by molar-refractivity contribution is 0.163. The number of methoxy groups -OCH3 is 2. The van der Waals surface area contributed by atoms with Gasteiger partial charge in [0.2, 0.25) is 0 Å². The summed E-state index contributed by atoms with van der Waals surface area (Å²) < 4.78 is 12.6. The van der Waals surface area contributed by atoms with Crippen LogP contribution in [-0.4, -0.2) is 35.4 Å². The van der Waals surface area contributed by atoms with Crippen LogP contribution in [-0.2, 0) is 4.74 Å². The Bertz CT molecular complexity index is 782. The summed E-state index contributed by atoms with van der Waals surface area (Å²) in [6.07, 6.45) is 5.66. The Morgan fingerprint density at radius 3 is 2.91 bits per heavy atom. The van der Waals surface area contributed by atoms with Crippen LogP contribution in [0, 0.1) is 0 Å². The molecule has 2 heterocycles. The van der Waals surface area contributed by atoms with E-state index in [-0.39, 0.29) is 6.04 Å². The molecule has 0 radical (unpaired) electrons. The van der Waals surface area contributed by atoms with Gasteiger partial charge in [-0.15, -0.1) is 11.3 Å². The van der Waals surface area contributed by atoms with Gasteiger partial charge in [0.25, 0.3) is 0 Å². The van der Waals surface area contributed by atoms with E-state index in [0.29, 0.717) is 6.61 Å². The molecule has 0 spiro atoms. The predicted octanol–water partition coefficient (Wildman–Crippen LogP) is 3.89. The second-order valence-corrected chi connectivity index (χ2v) is 6.25. The summed E-state index contributed by atoms with van der Waals surface area (Å²) in [5, 5.41) is 0.952. The molecular formula is C17H19N3O2S. The predicted molar refractivity (Wildman–Crippen MR) is 91.9 cm³/mol. The van der Waals surface area contributed by atoms with E-state index in [4.69, 9.17) is 9.47 Å². The summed E-state index contributed by atoms with van der Waals surface area (Å²) in [5.41, 5.74) is 1.05. The van der Waals surface area contributed by atoms with Gasteiger partial charge in [-0.25, -0.2) is 9.97 Å². The molecule has 1 aromatic carbocycles. The Hall–Kier alpha value is -2.18. The van der Waals surface area contributed by atoms with Crippen molar-refractivity contribution in [3.05, 3.63) is 42.9 Å². The topological polar surface area (TPSA) is 49.2 Å². The summed E-state index contributed by atoms with van der Waals surface area (Å²) >= 11 is 1.62. The second kappa shape index (κ2) is 6.93. The van der Waals surface area contributed by atoms with E-state index in [1.54, 1.807) is 25.6 Å². The number of rotatable bonds is 6. The van der Waals surface area contributed by atoms with Crippen molar-refractivity contribution in [1.29, 1.82) is 0 Å². The quantitative estimate of drug-likeness (QED) is 0.688. The normalized spacial score (nSPS) is 12.3. The monoisotopic (exact) mass is 329 g/mol. The van der Waals surface area contributed by atoms with Gasteiger partial charge >= 0.3 is 0 Å². The van der Waals surface area contributed by atoms with Gasteiger partial charge in [-0.2, -0.15) is 0 Å². The third-order valence-electron chi connectivity index (χ3n) is 3.59. The number of nitrogens with zero attached hydrogens (tertiary/aromatic N) is 3. The standard InChI is InChI=1S/C17H19N3O2S/c1-12(11-21-2)20-8-7-18-16(20)15-10-19-17(23-15)13-5-4-6-14(9-13)22-3/h4-10,12H,11H2,1-3H3/t12-/m0/s1. The van der Waals surface area contributed by atoms with Crippen LogP contribution < -0.4 is 4.74 Å². The van der Waals surface area contributed by atoms with Gasteiger partial charge in [0.05, 0.1) is 24.6 Å². The van der Waals surface area contributed by atoms with Crippen molar-refractivity contribution in [2.45, 2.75) is 13.0 Å². The molecular weight excluding hydrogens is 310 g/mol. The Kier molecular flexibility index (Phi) is 4.73. The molecule has 0 aliphatic carbocycles. The van der Waals surface area contributed by atoms with Crippen molar-refractivity contribution < 1.29 is 9.47 Å². The molecule has 3 aromatic rings. The number of thiazole rings is 1. The van der Waals surface area contributed by atoms with Gasteiger partial charge in [-0.3, -0.25) is 0 Å². The average molecular weight is 329 g/mol. The summed E-state index contributed by atoms with van der Waals surface area (Å²) in [6.45, 7) is 2.75. The van der Waals surface area contributed by atoms with Crippen molar-refractivity contribution in [1.82, 2.24) is 14.5 Å². The minimum absolute atomic E-state index is 0.222. The van der Waals surface area contributed by atoms with Crippen molar-refractivity contribution in [2.24, 2.45) is 0 Å². The van der Waals surface area contributed by atoms with E-state index < -0.39 is 0 Å². The second-order valence-electron chi connectivity index (χ2n) is 5.22. The smallest absolute Gasteiger partial charge is 0.151 e. The zero-order valence-corrected chi connectivity index (χ0v) is 14.2. The Labute approximate surface area is 139 Å². The number of aromatic nitrogens is 3. The van der Waals surface area contributed by atoms with Crippen LogP contribution in [0.25, 0.3) is 21.3 Å². The van der Waals surface area contributed by atoms with Crippen LogP contribution in [0.2, 0.25) is 0 Å². The van der Waals surface area contributed by atoms with Gasteiger partial charge < -0.3 is 14.0 Å². The number of imidazole rings is 1. The molecule has 0 amide bonds. The lowest BCUT2D eigenvalue weighted by atomic mass is 10.2. The summed E-state index contributed by atoms with van der Waals surface area (Å²) in [5.74, 6) is 1.75. The Balaban J connectivity index is 1.92. The first kappa shape index (κ1) is 15.7. The first-order valence-electron chi connectivity index (χ1n) is 7.35. The molecule has 1 atom stereocenters. The van der Waals surface area contributed by atoms with Crippen molar-refractivity contribution in [2.75, 3.05) is 20.8 Å². The van der Waals surface area contributed by atoms with Crippen LogP contribution >= 0.6 is 11.3 Å². The third kappa shape index (κ3) is 3.28. The maximum Gasteiger partial charge on any atom is 0.151 e. The van der Waals surface area contributed by atoms with Crippen LogP contribution in [0.3, 0.4) is 0 Å². The highest BCUT2D eigenvalue weighted by atomic mass is 32.1. The highest BCUT2D eigenvalue weighted by molar-refractivity contribution is 7.18. The maximum absolute atomic E-state index is 5.28. The molecule has 0 saturated carbocycles. The molecule has 0 bridgehead atoms. The molecule has 23 heavy (non-hydrogen) atoms. The summed E-state index contributed by atoms with van der Waals surface area (Å²) in [7, 11) is 3.38. The van der Waals surface area contributed by atoms with E-state index in [1.807, 2.05) is 42.9 Å². The molecule has 3 rings (SSSR count). The maximum atomic E-state index is 5.28. The fourth-order valence-electron chi connectivity index (χ4n) is 2.45. The molecule has 0 unspecified atom stereocenters. The molecule has 5 nitrogen and oxygen atoms in total. The van der Waals surface area contributed by atoms with Crippen LogP contribution in [0.1, 0.15) is 13.0 Å². The van der Waals surface area contributed by atoms with Crippen molar-refractivity contribution in [3.8, 4) is 27.0 Å². The van der Waals surface area contributed by atoms with Crippen molar-refractivity contribution >= 4 is 11.3 Å². The molecule has 120 valence electrons. The van der Waals surface area contributed by atoms with E-state index in [9.17, 15) is 0 Å². The number of hydrogen-bond donors (Lipinski definition) is 0. The van der Waals surface area contributed by atoms with Crippen molar-refractivity contribution in [3.63, 3.8) is 0 Å². The van der Waals surface area contributed by atoms with Gasteiger partial charge in [0.1, 0.15) is 10.8 Å². The van der Waals surface area contributed by atoms with E-state index >= 15 is 0 Å². The van der Waals surface area contributed by atoms with E-state index in [0.717, 1.165) is 27.0 Å². The Morgan fingerprint density at radius 2 is 2.13 bits per heavy atom. The SMILES string of the molecule is COC[C@H](C)n1ccnc1-c1cnc(-c2cccc(OC)c2)s1. The van der Waals surface area contributed by atoms with Crippen LogP contribution in [0.15, 0.2) is 42.9 Å². The van der Waals surface area contributed by atoms with Gasteiger partial charge in [0.15, 0.2) is 5.82 Å². The number of ether oxygens (including phenoxy) is 2. The minimum Gasteiger partial charge on any atom is -0.497 e. The summed E-state index contributed by atoms with van der Waals surface area (Å²) in [4.78, 5) is 10.1. The van der Waals surface area contributed by atoms with Gasteiger partial charge in [0, 0.05) is 31.3 Å². The number of hydrogen-bond acceptors (Lipinski definition) is 5. The first-order chi connectivity index (χ1) is 11.2. The molecule has 2 aromatic heterocycles. The highest BCUT2D eigenvalue weighted by Crippen LogP contribution is 2.33. The molecule has 0 N–H and O–H groups in total. The number of benzene rings is 1. The van der Waals surface area contributed by atoms with Gasteiger partial charge in [-0.05, 0) is 19.1 Å². The van der Waals surface area contributed by atoms with Gasteiger partial charge in [-0.1, -0.05) is 12.1 Å².